The van der Waals surface area contributed by atoms with E-state index in [1.165, 1.54) is 0 Å². The number of piperazine rings is 1. The number of carbonyl (C=O) groups excluding carboxylic acids is 1. The molecular formula is C11H14N2O2. The first-order valence-corrected chi connectivity index (χ1v) is 5.00. The van der Waals surface area contributed by atoms with E-state index >= 15 is 0 Å². The molecule has 1 aromatic rings. The second-order valence-electron chi connectivity index (χ2n) is 3.53. The molecule has 1 aliphatic heterocycles. The van der Waals surface area contributed by atoms with Gasteiger partial charge in [-0.3, -0.25) is 4.79 Å². The van der Waals surface area contributed by atoms with Crippen LogP contribution in [0, 0.1) is 0 Å². The van der Waals surface area contributed by atoms with E-state index in [9.17, 15) is 4.79 Å². The summed E-state index contributed by atoms with van der Waals surface area (Å²) in [6.45, 7) is 7.00. The molecule has 0 bridgehead atoms. The molecule has 0 aromatic carbocycles. The van der Waals surface area contributed by atoms with Crippen molar-refractivity contribution in [1.82, 2.24) is 10.2 Å². The molecule has 0 spiro atoms. The summed E-state index contributed by atoms with van der Waals surface area (Å²) in [6.07, 6.45) is 3.09. The van der Waals surface area contributed by atoms with Crippen molar-refractivity contribution >= 4 is 11.5 Å². The average Bonchev–Trinajstić information content (AvgIpc) is 2.82. The minimum atomic E-state index is -0.00194. The zero-order valence-electron chi connectivity index (χ0n) is 8.53. The van der Waals surface area contributed by atoms with Crippen LogP contribution >= 0.6 is 0 Å². The van der Waals surface area contributed by atoms with Gasteiger partial charge in [-0.1, -0.05) is 6.58 Å². The Kier molecular flexibility index (Phi) is 2.87. The van der Waals surface area contributed by atoms with Gasteiger partial charge >= 0.3 is 0 Å². The van der Waals surface area contributed by atoms with Crippen LogP contribution in [-0.4, -0.2) is 37.0 Å². The minimum absolute atomic E-state index is 0.00194. The lowest BCUT2D eigenvalue weighted by atomic mass is 10.1. The Morgan fingerprint density at radius 3 is 2.80 bits per heavy atom. The fourth-order valence-electron chi connectivity index (χ4n) is 1.62. The van der Waals surface area contributed by atoms with Crippen molar-refractivity contribution in [1.29, 1.82) is 0 Å². The Balaban J connectivity index is 2.04. The average molecular weight is 206 g/mol. The van der Waals surface area contributed by atoms with Crippen LogP contribution in [0.3, 0.4) is 0 Å². The smallest absolute Gasteiger partial charge is 0.254 e. The predicted molar refractivity (Wildman–Crippen MR) is 57.2 cm³/mol. The molecule has 2 rings (SSSR count). The first-order chi connectivity index (χ1) is 7.29. The summed E-state index contributed by atoms with van der Waals surface area (Å²) >= 11 is 0. The summed E-state index contributed by atoms with van der Waals surface area (Å²) in [5, 5.41) is 3.20. The molecular weight excluding hydrogens is 192 g/mol. The van der Waals surface area contributed by atoms with Crippen LogP contribution in [0.2, 0.25) is 0 Å². The number of hydrogen-bond acceptors (Lipinski definition) is 3. The molecule has 1 aromatic heterocycles. The molecule has 4 heteroatoms. The lowest BCUT2D eigenvalue weighted by Gasteiger charge is -2.27. The van der Waals surface area contributed by atoms with Gasteiger partial charge in [-0.15, -0.1) is 0 Å². The van der Waals surface area contributed by atoms with Crippen molar-refractivity contribution in [3.05, 3.63) is 30.7 Å². The molecule has 4 nitrogen and oxygen atoms in total. The standard InChI is InChI=1S/C11H14N2O2/c1-9(10-2-7-15-8-10)11(14)13-5-3-12-4-6-13/h2,7-8,12H,1,3-6H2. The molecule has 0 aliphatic carbocycles. The molecule has 1 N–H and O–H groups in total. The van der Waals surface area contributed by atoms with Gasteiger partial charge in [0, 0.05) is 37.3 Å². The topological polar surface area (TPSA) is 45.5 Å². The molecule has 0 radical (unpaired) electrons. The van der Waals surface area contributed by atoms with Gasteiger partial charge < -0.3 is 14.6 Å². The second-order valence-corrected chi connectivity index (χ2v) is 3.53. The first-order valence-electron chi connectivity index (χ1n) is 5.00. The van der Waals surface area contributed by atoms with Gasteiger partial charge in [-0.05, 0) is 6.07 Å². The normalized spacial score (nSPS) is 16.4. The highest BCUT2D eigenvalue weighted by molar-refractivity contribution is 6.18. The summed E-state index contributed by atoms with van der Waals surface area (Å²) in [5.41, 5.74) is 1.27. The molecule has 2 heterocycles. The highest BCUT2D eigenvalue weighted by atomic mass is 16.3. The van der Waals surface area contributed by atoms with E-state index in [0.29, 0.717) is 5.57 Å². The fourth-order valence-corrected chi connectivity index (χ4v) is 1.62. The van der Waals surface area contributed by atoms with Crippen LogP contribution in [0.15, 0.2) is 29.6 Å². The van der Waals surface area contributed by atoms with E-state index in [-0.39, 0.29) is 5.91 Å². The maximum atomic E-state index is 12.0. The van der Waals surface area contributed by atoms with E-state index in [4.69, 9.17) is 4.42 Å². The number of carbonyl (C=O) groups is 1. The lowest BCUT2D eigenvalue weighted by Crippen LogP contribution is -2.46. The Morgan fingerprint density at radius 1 is 1.47 bits per heavy atom. The summed E-state index contributed by atoms with van der Waals surface area (Å²) in [6, 6.07) is 1.75. The fraction of sp³-hybridized carbons (Fsp3) is 0.364. The third-order valence-electron chi connectivity index (χ3n) is 2.53. The van der Waals surface area contributed by atoms with Crippen molar-refractivity contribution in [2.24, 2.45) is 0 Å². The molecule has 0 saturated carbocycles. The van der Waals surface area contributed by atoms with Crippen LogP contribution in [-0.2, 0) is 4.79 Å². The molecule has 80 valence electrons. The van der Waals surface area contributed by atoms with Crippen molar-refractivity contribution in [2.75, 3.05) is 26.2 Å². The van der Waals surface area contributed by atoms with Crippen LogP contribution in [0.25, 0.3) is 5.57 Å². The number of rotatable bonds is 2. The van der Waals surface area contributed by atoms with E-state index in [0.717, 1.165) is 31.7 Å². The van der Waals surface area contributed by atoms with Gasteiger partial charge in [0.15, 0.2) is 0 Å². The molecule has 1 fully saturated rings. The monoisotopic (exact) mass is 206 g/mol. The van der Waals surface area contributed by atoms with Crippen molar-refractivity contribution in [3.63, 3.8) is 0 Å². The first kappa shape index (κ1) is 9.98. The highest BCUT2D eigenvalue weighted by Crippen LogP contribution is 2.15. The summed E-state index contributed by atoms with van der Waals surface area (Å²) in [5.74, 6) is -0.00194. The summed E-state index contributed by atoms with van der Waals surface area (Å²) < 4.78 is 4.93. The van der Waals surface area contributed by atoms with Gasteiger partial charge in [0.25, 0.3) is 5.91 Å². The van der Waals surface area contributed by atoms with Gasteiger partial charge in [-0.2, -0.15) is 0 Å². The van der Waals surface area contributed by atoms with Crippen LogP contribution in [0.1, 0.15) is 5.56 Å². The zero-order chi connectivity index (χ0) is 10.7. The van der Waals surface area contributed by atoms with Gasteiger partial charge in [-0.25, -0.2) is 0 Å². The molecule has 1 amide bonds. The largest absolute Gasteiger partial charge is 0.472 e. The molecule has 0 unspecified atom stereocenters. The number of nitrogens with zero attached hydrogens (tertiary/aromatic N) is 1. The van der Waals surface area contributed by atoms with Gasteiger partial charge in [0.1, 0.15) is 0 Å². The quantitative estimate of drug-likeness (QED) is 0.725. The molecule has 15 heavy (non-hydrogen) atoms. The SMILES string of the molecule is C=C(C(=O)N1CCNCC1)c1ccoc1. The van der Waals surface area contributed by atoms with E-state index in [2.05, 4.69) is 11.9 Å². The molecule has 0 atom stereocenters. The predicted octanol–water partition coefficient (Wildman–Crippen LogP) is 0.725. The Morgan fingerprint density at radius 2 is 2.20 bits per heavy atom. The van der Waals surface area contributed by atoms with Gasteiger partial charge in [0.05, 0.1) is 12.5 Å². The van der Waals surface area contributed by atoms with Gasteiger partial charge in [0.2, 0.25) is 0 Å². The molecule has 1 aliphatic rings. The Bertz CT molecular complexity index is 351. The van der Waals surface area contributed by atoms with E-state index in [1.807, 2.05) is 4.90 Å². The van der Waals surface area contributed by atoms with Crippen molar-refractivity contribution in [3.8, 4) is 0 Å². The Hall–Kier alpha value is -1.55. The second kappa shape index (κ2) is 4.31. The Labute approximate surface area is 88.6 Å². The van der Waals surface area contributed by atoms with Crippen molar-refractivity contribution in [2.45, 2.75) is 0 Å². The number of amides is 1. The van der Waals surface area contributed by atoms with E-state index < -0.39 is 0 Å². The zero-order valence-corrected chi connectivity index (χ0v) is 8.53. The number of hydrogen-bond donors (Lipinski definition) is 1. The third kappa shape index (κ3) is 2.10. The molecule has 1 saturated heterocycles. The van der Waals surface area contributed by atoms with E-state index in [1.54, 1.807) is 18.6 Å². The summed E-state index contributed by atoms with van der Waals surface area (Å²) in [4.78, 5) is 13.8. The summed E-state index contributed by atoms with van der Waals surface area (Å²) in [7, 11) is 0. The lowest BCUT2D eigenvalue weighted by molar-refractivity contribution is -0.125. The minimum Gasteiger partial charge on any atom is -0.472 e. The van der Waals surface area contributed by atoms with Crippen LogP contribution in [0.4, 0.5) is 0 Å². The number of nitrogens with one attached hydrogen (secondary N) is 1. The third-order valence-corrected chi connectivity index (χ3v) is 2.53. The maximum Gasteiger partial charge on any atom is 0.254 e. The maximum absolute atomic E-state index is 12.0. The van der Waals surface area contributed by atoms with Crippen LogP contribution in [0.5, 0.6) is 0 Å². The highest BCUT2D eigenvalue weighted by Gasteiger charge is 2.19. The van der Waals surface area contributed by atoms with Crippen molar-refractivity contribution < 1.29 is 9.21 Å². The van der Waals surface area contributed by atoms with Crippen LogP contribution < -0.4 is 5.32 Å². The number of furan rings is 1.